The van der Waals surface area contributed by atoms with Gasteiger partial charge >= 0.3 is 0 Å². The highest BCUT2D eigenvalue weighted by atomic mass is 16.5. The Morgan fingerprint density at radius 2 is 1.92 bits per heavy atom. The maximum absolute atomic E-state index is 5.54. The van der Waals surface area contributed by atoms with Crippen molar-refractivity contribution in [3.63, 3.8) is 0 Å². The molecule has 1 N–H and O–H groups in total. The van der Waals surface area contributed by atoms with Gasteiger partial charge in [0, 0.05) is 28.1 Å². The number of para-hydroxylation sites is 1. The maximum atomic E-state index is 5.54. The third-order valence-corrected chi connectivity index (χ3v) is 5.80. The van der Waals surface area contributed by atoms with Gasteiger partial charge in [0.25, 0.3) is 0 Å². The Kier molecular flexibility index (Phi) is 4.43. The molecule has 1 aromatic carbocycles. The number of likely N-dealkylation sites (tertiary alicyclic amines) is 1. The first-order chi connectivity index (χ1) is 12.2. The van der Waals surface area contributed by atoms with Gasteiger partial charge in [-0.2, -0.15) is 0 Å². The van der Waals surface area contributed by atoms with E-state index in [2.05, 4.69) is 60.1 Å². The number of nitrogens with one attached hydrogen (secondary N) is 1. The molecule has 4 rings (SSSR count). The van der Waals surface area contributed by atoms with Crippen LogP contribution < -0.4 is 0 Å². The van der Waals surface area contributed by atoms with Crippen molar-refractivity contribution >= 4 is 10.9 Å². The summed E-state index contributed by atoms with van der Waals surface area (Å²) in [6.45, 7) is 6.87. The van der Waals surface area contributed by atoms with Crippen LogP contribution in [-0.2, 0) is 4.74 Å². The molecule has 132 valence electrons. The number of allylic oxidation sites excluding steroid dienone is 3. The van der Waals surface area contributed by atoms with E-state index in [1.54, 1.807) is 7.11 Å². The molecule has 1 aliphatic carbocycles. The van der Waals surface area contributed by atoms with Crippen molar-refractivity contribution in [2.24, 2.45) is 5.92 Å². The predicted molar refractivity (Wildman–Crippen MR) is 104 cm³/mol. The molecule has 1 saturated heterocycles. The summed E-state index contributed by atoms with van der Waals surface area (Å²) in [4.78, 5) is 6.28. The van der Waals surface area contributed by atoms with Gasteiger partial charge in [-0.05, 0) is 57.0 Å². The van der Waals surface area contributed by atoms with Crippen molar-refractivity contribution < 1.29 is 4.74 Å². The fourth-order valence-electron chi connectivity index (χ4n) is 4.60. The van der Waals surface area contributed by atoms with Gasteiger partial charge in [0.1, 0.15) is 0 Å². The van der Waals surface area contributed by atoms with Crippen molar-refractivity contribution in [2.75, 3.05) is 20.2 Å². The number of aryl methyl sites for hydroxylation is 1. The molecule has 1 aromatic heterocycles. The Labute approximate surface area is 150 Å². The summed E-state index contributed by atoms with van der Waals surface area (Å²) in [5, 5.41) is 1.37. The molecule has 0 saturated carbocycles. The molecule has 2 unspecified atom stereocenters. The number of aromatic amines is 1. The fraction of sp³-hybridized carbons (Fsp3) is 0.455. The fourth-order valence-corrected chi connectivity index (χ4v) is 4.60. The van der Waals surface area contributed by atoms with Crippen molar-refractivity contribution in [3.8, 4) is 0 Å². The second-order valence-corrected chi connectivity index (χ2v) is 7.47. The Balaban J connectivity index is 1.83. The SMILES string of the molecule is COC1=CC=C(C(c2c(C)[nH]c3ccccc23)N2CCCC2)CC1C. The highest BCUT2D eigenvalue weighted by molar-refractivity contribution is 5.85. The molecular formula is C22H28N2O. The van der Waals surface area contributed by atoms with Crippen LogP contribution in [0.15, 0.2) is 47.7 Å². The summed E-state index contributed by atoms with van der Waals surface area (Å²) in [5.74, 6) is 1.54. The molecular weight excluding hydrogens is 308 g/mol. The van der Waals surface area contributed by atoms with Crippen molar-refractivity contribution in [1.29, 1.82) is 0 Å². The van der Waals surface area contributed by atoms with Gasteiger partial charge < -0.3 is 9.72 Å². The van der Waals surface area contributed by atoms with Crippen LogP contribution >= 0.6 is 0 Å². The molecule has 25 heavy (non-hydrogen) atoms. The van der Waals surface area contributed by atoms with Crippen molar-refractivity contribution in [1.82, 2.24) is 9.88 Å². The molecule has 1 aliphatic heterocycles. The number of H-pyrrole nitrogens is 1. The number of hydrogen-bond donors (Lipinski definition) is 1. The topological polar surface area (TPSA) is 28.3 Å². The monoisotopic (exact) mass is 336 g/mol. The number of aromatic nitrogens is 1. The van der Waals surface area contributed by atoms with Crippen LogP contribution in [0.1, 0.15) is 43.5 Å². The highest BCUT2D eigenvalue weighted by Crippen LogP contribution is 2.42. The molecule has 2 atom stereocenters. The van der Waals surface area contributed by atoms with Gasteiger partial charge in [-0.25, -0.2) is 0 Å². The Morgan fingerprint density at radius 1 is 1.16 bits per heavy atom. The van der Waals surface area contributed by atoms with Crippen molar-refractivity contribution in [3.05, 3.63) is 59.0 Å². The molecule has 3 heteroatoms. The smallest absolute Gasteiger partial charge is 0.0986 e. The first kappa shape index (κ1) is 16.5. The van der Waals surface area contributed by atoms with E-state index in [4.69, 9.17) is 4.74 Å². The third kappa shape index (κ3) is 2.91. The number of nitrogens with zero attached hydrogens (tertiary/aromatic N) is 1. The van der Waals surface area contributed by atoms with E-state index >= 15 is 0 Å². The van der Waals surface area contributed by atoms with Gasteiger partial charge in [-0.15, -0.1) is 0 Å². The normalized spacial score (nSPS) is 22.8. The summed E-state index contributed by atoms with van der Waals surface area (Å²) in [6, 6.07) is 9.09. The predicted octanol–water partition coefficient (Wildman–Crippen LogP) is 5.11. The Hall–Kier alpha value is -2.00. The lowest BCUT2D eigenvalue weighted by Gasteiger charge is -2.33. The van der Waals surface area contributed by atoms with Gasteiger partial charge in [0.2, 0.25) is 0 Å². The van der Waals surface area contributed by atoms with Gasteiger partial charge in [-0.1, -0.05) is 31.2 Å². The van der Waals surface area contributed by atoms with Gasteiger partial charge in [-0.3, -0.25) is 4.90 Å². The van der Waals surface area contributed by atoms with E-state index in [-0.39, 0.29) is 0 Å². The number of rotatable bonds is 4. The minimum atomic E-state index is 0.371. The molecule has 0 bridgehead atoms. The standard InChI is InChI=1S/C22H28N2O/c1-15-14-17(10-11-20(15)25-3)22(24-12-6-7-13-24)21-16(2)23-19-9-5-4-8-18(19)21/h4-5,8-11,15,22-23H,6-7,12-14H2,1-3H3. The van der Waals surface area contributed by atoms with Crippen LogP contribution in [0.4, 0.5) is 0 Å². The van der Waals surface area contributed by atoms with E-state index in [1.165, 1.54) is 53.7 Å². The molecule has 2 aromatic rings. The average molecular weight is 336 g/mol. The van der Waals surface area contributed by atoms with E-state index in [1.807, 2.05) is 0 Å². The zero-order valence-corrected chi connectivity index (χ0v) is 15.5. The average Bonchev–Trinajstić information content (AvgIpc) is 3.24. The van der Waals surface area contributed by atoms with Crippen LogP contribution in [0.5, 0.6) is 0 Å². The largest absolute Gasteiger partial charge is 0.501 e. The molecule has 0 radical (unpaired) electrons. The molecule has 2 heterocycles. The number of fused-ring (bicyclic) bond motifs is 1. The number of methoxy groups -OCH3 is 1. The summed E-state index contributed by atoms with van der Waals surface area (Å²) in [7, 11) is 1.78. The number of benzene rings is 1. The second kappa shape index (κ2) is 6.72. The van der Waals surface area contributed by atoms with Crippen LogP contribution in [0.25, 0.3) is 10.9 Å². The van der Waals surface area contributed by atoms with Crippen LogP contribution in [0, 0.1) is 12.8 Å². The van der Waals surface area contributed by atoms with E-state index in [0.29, 0.717) is 12.0 Å². The zero-order valence-electron chi connectivity index (χ0n) is 15.5. The summed E-state index contributed by atoms with van der Waals surface area (Å²) < 4.78 is 5.54. The van der Waals surface area contributed by atoms with Crippen LogP contribution in [-0.4, -0.2) is 30.1 Å². The number of hydrogen-bond acceptors (Lipinski definition) is 2. The van der Waals surface area contributed by atoms with E-state index in [9.17, 15) is 0 Å². The van der Waals surface area contributed by atoms with Crippen LogP contribution in [0.3, 0.4) is 0 Å². The highest BCUT2D eigenvalue weighted by Gasteiger charge is 2.32. The summed E-state index contributed by atoms with van der Waals surface area (Å²) in [6.07, 6.45) is 8.17. The lowest BCUT2D eigenvalue weighted by molar-refractivity contribution is 0.231. The number of ether oxygens (including phenoxy) is 1. The zero-order chi connectivity index (χ0) is 17.4. The molecule has 3 nitrogen and oxygen atoms in total. The Bertz CT molecular complexity index is 824. The minimum absolute atomic E-state index is 0.371. The Morgan fingerprint density at radius 3 is 2.64 bits per heavy atom. The first-order valence-corrected chi connectivity index (χ1v) is 9.45. The lowest BCUT2D eigenvalue weighted by Crippen LogP contribution is -2.29. The minimum Gasteiger partial charge on any atom is -0.501 e. The van der Waals surface area contributed by atoms with Crippen molar-refractivity contribution in [2.45, 2.75) is 39.2 Å². The summed E-state index contributed by atoms with van der Waals surface area (Å²) in [5.41, 5.74) is 5.53. The second-order valence-electron chi connectivity index (χ2n) is 7.47. The molecule has 0 amide bonds. The molecule has 0 spiro atoms. The maximum Gasteiger partial charge on any atom is 0.0986 e. The van der Waals surface area contributed by atoms with Gasteiger partial charge in [0.15, 0.2) is 0 Å². The third-order valence-electron chi connectivity index (χ3n) is 5.80. The lowest BCUT2D eigenvalue weighted by atomic mass is 9.85. The quantitative estimate of drug-likeness (QED) is 0.840. The molecule has 1 fully saturated rings. The van der Waals surface area contributed by atoms with E-state index in [0.717, 1.165) is 12.2 Å². The molecule has 2 aliphatic rings. The van der Waals surface area contributed by atoms with Crippen LogP contribution in [0.2, 0.25) is 0 Å². The first-order valence-electron chi connectivity index (χ1n) is 9.45. The van der Waals surface area contributed by atoms with E-state index < -0.39 is 0 Å². The van der Waals surface area contributed by atoms with Gasteiger partial charge in [0.05, 0.1) is 18.9 Å². The summed E-state index contributed by atoms with van der Waals surface area (Å²) >= 11 is 0.